The SMILES string of the molecule is CN(C)[C@H]1C[C@@]23CC[C@@]4(O2)C(=CC(C)(C)[C@]2(C)C(c5ccc6cn[nH]c6c5)=CCC42)C=C3[C@@H](O)[C@@H]1O. The van der Waals surface area contributed by atoms with Crippen LogP contribution in [0.5, 0.6) is 0 Å². The van der Waals surface area contributed by atoms with Gasteiger partial charge in [0.25, 0.3) is 0 Å². The number of fused-ring (bicyclic) bond motifs is 2. The number of hydrogen-bond donors (Lipinski definition) is 3. The predicted molar refractivity (Wildman–Crippen MR) is 140 cm³/mol. The van der Waals surface area contributed by atoms with Gasteiger partial charge in [-0.05, 0) is 73.5 Å². The fourth-order valence-electron chi connectivity index (χ4n) is 8.62. The summed E-state index contributed by atoms with van der Waals surface area (Å²) in [6.45, 7) is 7.12. The summed E-state index contributed by atoms with van der Waals surface area (Å²) in [7, 11) is 3.96. The standard InChI is InChI=1S/C30H37N3O3/c1-27(2)14-19-13-21-25(34)26(35)23(33(4)5)15-29(21)10-11-30(19,36-29)24-9-8-20(28(24,27)3)17-6-7-18-16-31-32-22(18)12-17/h6-8,12-14,16,23-26,34-35H,9-11,15H2,1-5H3,(H,31,32)/t23-,24?,25+,26+,28+,29+,30+/m0/s1. The van der Waals surface area contributed by atoms with E-state index in [1.807, 2.05) is 25.2 Å². The Morgan fingerprint density at radius 1 is 1.14 bits per heavy atom. The molecular weight excluding hydrogens is 450 g/mol. The summed E-state index contributed by atoms with van der Waals surface area (Å²) >= 11 is 0. The molecule has 3 aliphatic carbocycles. The fraction of sp³-hybridized carbons (Fsp3) is 0.567. The highest BCUT2D eigenvalue weighted by atomic mass is 16.5. The Bertz CT molecular complexity index is 1370. The van der Waals surface area contributed by atoms with Gasteiger partial charge in [0.05, 0.1) is 29.0 Å². The number of allylic oxidation sites excluding steroid dienone is 3. The molecule has 7 atom stereocenters. The number of benzene rings is 1. The van der Waals surface area contributed by atoms with Gasteiger partial charge in [-0.25, -0.2) is 0 Å². The Morgan fingerprint density at radius 2 is 1.94 bits per heavy atom. The number of likely N-dealkylation sites (N-methyl/N-ethyl adjacent to an activating group) is 1. The van der Waals surface area contributed by atoms with Crippen LogP contribution in [-0.2, 0) is 4.74 Å². The van der Waals surface area contributed by atoms with Gasteiger partial charge in [-0.1, -0.05) is 51.1 Å². The molecule has 1 saturated heterocycles. The number of aliphatic hydroxyl groups is 2. The zero-order chi connectivity index (χ0) is 25.3. The minimum absolute atomic E-state index is 0.116. The van der Waals surface area contributed by atoms with E-state index in [-0.39, 0.29) is 22.5 Å². The highest BCUT2D eigenvalue weighted by Gasteiger charge is 2.70. The zero-order valence-electron chi connectivity index (χ0n) is 21.9. The van der Waals surface area contributed by atoms with E-state index in [0.717, 1.165) is 35.7 Å². The first-order valence-corrected chi connectivity index (χ1v) is 13.3. The molecule has 2 aliphatic heterocycles. The van der Waals surface area contributed by atoms with Crippen LogP contribution in [0.1, 0.15) is 52.0 Å². The smallest absolute Gasteiger partial charge is 0.105 e. The quantitative estimate of drug-likeness (QED) is 0.591. The predicted octanol–water partition coefficient (Wildman–Crippen LogP) is 4.22. The molecule has 2 aromatic rings. The molecule has 1 aromatic carbocycles. The molecule has 6 nitrogen and oxygen atoms in total. The van der Waals surface area contributed by atoms with E-state index >= 15 is 0 Å². The Hall–Kier alpha value is -2.25. The van der Waals surface area contributed by atoms with Gasteiger partial charge in [0, 0.05) is 22.8 Å². The van der Waals surface area contributed by atoms with Gasteiger partial charge < -0.3 is 19.8 Å². The van der Waals surface area contributed by atoms with E-state index < -0.39 is 17.8 Å². The van der Waals surface area contributed by atoms with Gasteiger partial charge in [-0.15, -0.1) is 0 Å². The number of rotatable bonds is 2. The maximum absolute atomic E-state index is 11.3. The van der Waals surface area contributed by atoms with Crippen molar-refractivity contribution >= 4 is 16.5 Å². The molecule has 6 heteroatoms. The number of aliphatic hydroxyl groups excluding tert-OH is 2. The largest absolute Gasteiger partial charge is 0.388 e. The molecule has 1 aromatic heterocycles. The van der Waals surface area contributed by atoms with Crippen LogP contribution in [0.15, 0.2) is 53.8 Å². The number of H-pyrrole nitrogens is 1. The maximum Gasteiger partial charge on any atom is 0.105 e. The van der Waals surface area contributed by atoms with Gasteiger partial charge in [-0.3, -0.25) is 5.10 Å². The topological polar surface area (TPSA) is 81.6 Å². The third-order valence-electron chi connectivity index (χ3n) is 10.8. The molecule has 36 heavy (non-hydrogen) atoms. The van der Waals surface area contributed by atoms with Crippen molar-refractivity contribution in [1.29, 1.82) is 0 Å². The molecular formula is C30H37N3O3. The second-order valence-electron chi connectivity index (χ2n) is 12.9. The van der Waals surface area contributed by atoms with Crippen LogP contribution in [0.25, 0.3) is 16.5 Å². The monoisotopic (exact) mass is 487 g/mol. The van der Waals surface area contributed by atoms with Crippen molar-refractivity contribution in [3.63, 3.8) is 0 Å². The van der Waals surface area contributed by atoms with E-state index in [2.05, 4.69) is 67.4 Å². The lowest BCUT2D eigenvalue weighted by Gasteiger charge is -2.60. The third kappa shape index (κ3) is 2.59. The lowest BCUT2D eigenvalue weighted by atomic mass is 9.49. The Kier molecular flexibility index (Phi) is 4.45. The average molecular weight is 488 g/mol. The normalized spacial score (nSPS) is 42.5. The molecule has 0 radical (unpaired) electrons. The molecule has 1 unspecified atom stereocenters. The first kappa shape index (κ1) is 22.9. The molecule has 3 heterocycles. The van der Waals surface area contributed by atoms with E-state index in [1.165, 1.54) is 16.7 Å². The van der Waals surface area contributed by atoms with Crippen LogP contribution in [0.3, 0.4) is 0 Å². The number of ether oxygens (including phenoxy) is 1. The number of hydrogen-bond acceptors (Lipinski definition) is 5. The van der Waals surface area contributed by atoms with Crippen molar-refractivity contribution in [2.24, 2.45) is 16.7 Å². The van der Waals surface area contributed by atoms with Gasteiger partial charge in [-0.2, -0.15) is 5.10 Å². The molecule has 7 rings (SSSR count). The minimum Gasteiger partial charge on any atom is -0.388 e. The summed E-state index contributed by atoms with van der Waals surface area (Å²) in [5.41, 5.74) is 4.66. The Morgan fingerprint density at radius 3 is 2.72 bits per heavy atom. The molecule has 2 bridgehead atoms. The summed E-state index contributed by atoms with van der Waals surface area (Å²) in [6.07, 6.45) is 10.7. The van der Waals surface area contributed by atoms with Crippen molar-refractivity contribution in [3.8, 4) is 0 Å². The summed E-state index contributed by atoms with van der Waals surface area (Å²) in [6, 6.07) is 6.50. The fourth-order valence-corrected chi connectivity index (χ4v) is 8.62. The maximum atomic E-state index is 11.3. The molecule has 3 N–H and O–H groups in total. The van der Waals surface area contributed by atoms with E-state index in [9.17, 15) is 10.2 Å². The van der Waals surface area contributed by atoms with Crippen molar-refractivity contribution in [2.45, 2.75) is 75.9 Å². The van der Waals surface area contributed by atoms with Gasteiger partial charge in [0.15, 0.2) is 0 Å². The van der Waals surface area contributed by atoms with Crippen molar-refractivity contribution in [2.75, 3.05) is 14.1 Å². The molecule has 0 amide bonds. The Labute approximate surface area is 212 Å². The lowest BCUT2D eigenvalue weighted by molar-refractivity contribution is -0.170. The lowest BCUT2D eigenvalue weighted by Crippen LogP contribution is -2.63. The van der Waals surface area contributed by atoms with Crippen LogP contribution in [0.4, 0.5) is 0 Å². The number of nitrogens with one attached hydrogen (secondary N) is 1. The first-order chi connectivity index (χ1) is 17.0. The highest BCUT2D eigenvalue weighted by Crippen LogP contribution is 2.71. The summed E-state index contributed by atoms with van der Waals surface area (Å²) < 4.78 is 7.31. The van der Waals surface area contributed by atoms with Crippen LogP contribution < -0.4 is 0 Å². The molecule has 1 saturated carbocycles. The highest BCUT2D eigenvalue weighted by molar-refractivity contribution is 5.85. The van der Waals surface area contributed by atoms with Gasteiger partial charge in [0.1, 0.15) is 6.10 Å². The molecule has 2 fully saturated rings. The van der Waals surface area contributed by atoms with Gasteiger partial charge >= 0.3 is 0 Å². The van der Waals surface area contributed by atoms with Crippen LogP contribution in [-0.4, -0.2) is 68.9 Å². The molecule has 5 aliphatic rings. The van der Waals surface area contributed by atoms with Crippen molar-refractivity contribution in [3.05, 3.63) is 59.3 Å². The van der Waals surface area contributed by atoms with E-state index in [4.69, 9.17) is 4.74 Å². The summed E-state index contributed by atoms with van der Waals surface area (Å²) in [5.74, 6) is 0.298. The minimum atomic E-state index is -0.905. The van der Waals surface area contributed by atoms with Crippen molar-refractivity contribution < 1.29 is 14.9 Å². The summed E-state index contributed by atoms with van der Waals surface area (Å²) in [4.78, 5) is 2.04. The number of aromatic amines is 1. The number of aromatic nitrogens is 2. The third-order valence-corrected chi connectivity index (χ3v) is 10.8. The zero-order valence-corrected chi connectivity index (χ0v) is 21.9. The van der Waals surface area contributed by atoms with Gasteiger partial charge in [0.2, 0.25) is 0 Å². The van der Waals surface area contributed by atoms with E-state index in [0.29, 0.717) is 12.3 Å². The first-order valence-electron chi connectivity index (χ1n) is 13.3. The van der Waals surface area contributed by atoms with Crippen LogP contribution in [0.2, 0.25) is 0 Å². The molecule has 2 spiro atoms. The summed E-state index contributed by atoms with van der Waals surface area (Å²) in [5, 5.41) is 30.7. The average Bonchev–Trinajstić information content (AvgIpc) is 3.52. The van der Waals surface area contributed by atoms with Crippen molar-refractivity contribution in [1.82, 2.24) is 15.1 Å². The van der Waals surface area contributed by atoms with Crippen LogP contribution in [0, 0.1) is 16.7 Å². The molecule has 190 valence electrons. The Balaban J connectivity index is 1.37. The second kappa shape index (κ2) is 6.98. The number of nitrogens with zero attached hydrogens (tertiary/aromatic N) is 2. The second-order valence-corrected chi connectivity index (χ2v) is 12.9. The van der Waals surface area contributed by atoms with E-state index in [1.54, 1.807) is 0 Å². The van der Waals surface area contributed by atoms with Crippen LogP contribution >= 0.6 is 0 Å².